The van der Waals surface area contributed by atoms with Crippen LogP contribution in [0.4, 0.5) is 10.2 Å². The molecule has 0 bridgehead atoms. The van der Waals surface area contributed by atoms with Crippen molar-refractivity contribution in [1.29, 1.82) is 0 Å². The SMILES string of the molecule is Fc1ccc2cc([C@@H]3CCCN3c3ncnc4nc[nH]c34)c(-c3ccccn3)nc2c1. The van der Waals surface area contributed by atoms with E-state index in [-0.39, 0.29) is 11.9 Å². The molecule has 5 heterocycles. The molecule has 1 aliphatic heterocycles. The number of pyridine rings is 2. The van der Waals surface area contributed by atoms with Gasteiger partial charge in [-0.2, -0.15) is 0 Å². The van der Waals surface area contributed by atoms with Gasteiger partial charge in [0.15, 0.2) is 11.5 Å². The Bertz CT molecular complexity index is 1400. The number of nitrogens with one attached hydrogen (secondary N) is 1. The van der Waals surface area contributed by atoms with Crippen LogP contribution in [0.3, 0.4) is 0 Å². The minimum Gasteiger partial charge on any atom is -0.348 e. The summed E-state index contributed by atoms with van der Waals surface area (Å²) >= 11 is 0. The minimum atomic E-state index is -0.301. The molecular formula is C23H18FN7. The topological polar surface area (TPSA) is 83.5 Å². The number of rotatable bonds is 3. The summed E-state index contributed by atoms with van der Waals surface area (Å²) in [7, 11) is 0. The molecule has 7 nitrogen and oxygen atoms in total. The van der Waals surface area contributed by atoms with Crippen molar-refractivity contribution in [3.63, 3.8) is 0 Å². The molecule has 1 N–H and O–H groups in total. The summed E-state index contributed by atoms with van der Waals surface area (Å²) < 4.78 is 13.9. The highest BCUT2D eigenvalue weighted by Crippen LogP contribution is 2.41. The van der Waals surface area contributed by atoms with E-state index >= 15 is 0 Å². The minimum absolute atomic E-state index is 0.0559. The van der Waals surface area contributed by atoms with Crippen LogP contribution in [0.1, 0.15) is 24.4 Å². The Hall–Kier alpha value is -3.94. The third-order valence-electron chi connectivity index (χ3n) is 5.80. The predicted octanol–water partition coefficient (Wildman–Crippen LogP) is 4.44. The summed E-state index contributed by atoms with van der Waals surface area (Å²) in [6.45, 7) is 0.860. The van der Waals surface area contributed by atoms with Crippen LogP contribution in [-0.2, 0) is 0 Å². The van der Waals surface area contributed by atoms with Crippen LogP contribution < -0.4 is 4.90 Å². The molecule has 1 saturated heterocycles. The number of nitrogens with zero attached hydrogens (tertiary/aromatic N) is 6. The summed E-state index contributed by atoms with van der Waals surface area (Å²) in [5, 5.41) is 0.900. The number of hydrogen-bond acceptors (Lipinski definition) is 6. The molecule has 8 heteroatoms. The van der Waals surface area contributed by atoms with Gasteiger partial charge in [-0.25, -0.2) is 24.3 Å². The van der Waals surface area contributed by atoms with E-state index in [2.05, 4.69) is 35.9 Å². The molecule has 0 saturated carbocycles. The van der Waals surface area contributed by atoms with E-state index < -0.39 is 0 Å². The van der Waals surface area contributed by atoms with Crippen LogP contribution in [0, 0.1) is 5.82 Å². The maximum Gasteiger partial charge on any atom is 0.182 e. The van der Waals surface area contributed by atoms with Gasteiger partial charge in [-0.05, 0) is 43.2 Å². The highest BCUT2D eigenvalue weighted by atomic mass is 19.1. The Morgan fingerprint density at radius 2 is 2.00 bits per heavy atom. The lowest BCUT2D eigenvalue weighted by molar-refractivity contribution is 0.629. The lowest BCUT2D eigenvalue weighted by Crippen LogP contribution is -2.24. The predicted molar refractivity (Wildman–Crippen MR) is 116 cm³/mol. The Morgan fingerprint density at radius 1 is 1.03 bits per heavy atom. The zero-order chi connectivity index (χ0) is 20.8. The molecular weight excluding hydrogens is 393 g/mol. The largest absolute Gasteiger partial charge is 0.348 e. The number of halogens is 1. The average molecular weight is 411 g/mol. The van der Waals surface area contributed by atoms with Gasteiger partial charge in [0.2, 0.25) is 0 Å². The van der Waals surface area contributed by atoms with Gasteiger partial charge in [0, 0.05) is 29.8 Å². The smallest absolute Gasteiger partial charge is 0.182 e. The van der Waals surface area contributed by atoms with Crippen LogP contribution >= 0.6 is 0 Å². The van der Waals surface area contributed by atoms with Crippen molar-refractivity contribution in [2.45, 2.75) is 18.9 Å². The quantitative estimate of drug-likeness (QED) is 0.472. The molecule has 0 aliphatic carbocycles. The number of H-pyrrole nitrogens is 1. The maximum absolute atomic E-state index is 13.9. The van der Waals surface area contributed by atoms with Crippen LogP contribution in [-0.4, -0.2) is 36.4 Å². The lowest BCUT2D eigenvalue weighted by Gasteiger charge is -2.27. The first-order chi connectivity index (χ1) is 15.3. The molecule has 1 aromatic carbocycles. The number of imidazole rings is 1. The van der Waals surface area contributed by atoms with Crippen molar-refractivity contribution >= 4 is 27.9 Å². The fourth-order valence-electron chi connectivity index (χ4n) is 4.43. The fourth-order valence-corrected chi connectivity index (χ4v) is 4.43. The molecule has 6 rings (SSSR count). The van der Waals surface area contributed by atoms with Gasteiger partial charge in [0.05, 0.1) is 29.3 Å². The number of anilines is 1. The van der Waals surface area contributed by atoms with Crippen LogP contribution in [0.2, 0.25) is 0 Å². The van der Waals surface area contributed by atoms with Crippen LogP contribution in [0.15, 0.2) is 61.3 Å². The van der Waals surface area contributed by atoms with E-state index in [1.165, 1.54) is 12.1 Å². The molecule has 5 aromatic rings. The second-order valence-corrected chi connectivity index (χ2v) is 7.63. The molecule has 0 radical (unpaired) electrons. The Balaban J connectivity index is 1.55. The van der Waals surface area contributed by atoms with E-state index in [1.807, 2.05) is 18.2 Å². The summed E-state index contributed by atoms with van der Waals surface area (Å²) in [5.41, 5.74) is 4.68. The van der Waals surface area contributed by atoms with Crippen molar-refractivity contribution < 1.29 is 4.39 Å². The number of fused-ring (bicyclic) bond motifs is 2. The summed E-state index contributed by atoms with van der Waals surface area (Å²) in [6.07, 6.45) is 6.91. The van der Waals surface area contributed by atoms with E-state index in [0.29, 0.717) is 11.2 Å². The van der Waals surface area contributed by atoms with Gasteiger partial charge in [-0.15, -0.1) is 0 Å². The second kappa shape index (κ2) is 7.09. The molecule has 0 spiro atoms. The average Bonchev–Trinajstić information content (AvgIpc) is 3.48. The zero-order valence-electron chi connectivity index (χ0n) is 16.5. The normalized spacial score (nSPS) is 16.4. The summed E-state index contributed by atoms with van der Waals surface area (Å²) in [5.74, 6) is 0.529. The Morgan fingerprint density at radius 3 is 2.90 bits per heavy atom. The molecule has 31 heavy (non-hydrogen) atoms. The number of benzene rings is 1. The van der Waals surface area contributed by atoms with Crippen molar-refractivity contribution in [2.24, 2.45) is 0 Å². The van der Waals surface area contributed by atoms with Gasteiger partial charge in [0.25, 0.3) is 0 Å². The third kappa shape index (κ3) is 2.99. The van der Waals surface area contributed by atoms with E-state index in [0.717, 1.165) is 53.1 Å². The lowest BCUT2D eigenvalue weighted by atomic mass is 9.98. The van der Waals surface area contributed by atoms with Gasteiger partial charge in [0.1, 0.15) is 17.7 Å². The molecule has 4 aromatic heterocycles. The van der Waals surface area contributed by atoms with E-state index in [4.69, 9.17) is 4.98 Å². The van der Waals surface area contributed by atoms with Gasteiger partial charge < -0.3 is 9.88 Å². The van der Waals surface area contributed by atoms with Crippen LogP contribution in [0.25, 0.3) is 33.5 Å². The monoisotopic (exact) mass is 411 g/mol. The second-order valence-electron chi connectivity index (χ2n) is 7.63. The highest BCUT2D eigenvalue weighted by Gasteiger charge is 2.32. The molecule has 0 unspecified atom stereocenters. The highest BCUT2D eigenvalue weighted by molar-refractivity contribution is 5.85. The molecule has 152 valence electrons. The van der Waals surface area contributed by atoms with Crippen molar-refractivity contribution in [1.82, 2.24) is 29.9 Å². The third-order valence-corrected chi connectivity index (χ3v) is 5.80. The van der Waals surface area contributed by atoms with E-state index in [1.54, 1.807) is 24.9 Å². The first kappa shape index (κ1) is 17.9. The number of hydrogen-bond donors (Lipinski definition) is 1. The molecule has 0 amide bonds. The van der Waals surface area contributed by atoms with Gasteiger partial charge in [-0.3, -0.25) is 4.98 Å². The zero-order valence-corrected chi connectivity index (χ0v) is 16.5. The standard InChI is InChI=1S/C23H18FN7/c24-15-7-6-14-10-16(20(30-18(14)11-15)17-4-1-2-8-25-17)19-5-3-9-31(19)23-21-22(27-12-26-21)28-13-29-23/h1-2,4,6-8,10-13,19H,3,5,9H2,(H,26,27,28,29)/t19-/m0/s1. The summed E-state index contributed by atoms with van der Waals surface area (Å²) in [4.78, 5) is 27.9. The Labute approximate surface area is 177 Å². The van der Waals surface area contributed by atoms with E-state index in [9.17, 15) is 4.39 Å². The van der Waals surface area contributed by atoms with Crippen LogP contribution in [0.5, 0.6) is 0 Å². The Kier molecular flexibility index (Phi) is 4.09. The number of aromatic amines is 1. The fraction of sp³-hybridized carbons (Fsp3) is 0.174. The molecule has 1 aliphatic rings. The van der Waals surface area contributed by atoms with Crippen molar-refractivity contribution in [3.05, 3.63) is 72.7 Å². The van der Waals surface area contributed by atoms with Gasteiger partial charge in [-0.1, -0.05) is 6.07 Å². The first-order valence-electron chi connectivity index (χ1n) is 10.2. The van der Waals surface area contributed by atoms with Gasteiger partial charge >= 0.3 is 0 Å². The number of aromatic nitrogens is 6. The maximum atomic E-state index is 13.9. The molecule has 1 atom stereocenters. The first-order valence-corrected chi connectivity index (χ1v) is 10.2. The van der Waals surface area contributed by atoms with Crippen molar-refractivity contribution in [3.8, 4) is 11.4 Å². The van der Waals surface area contributed by atoms with Crippen molar-refractivity contribution in [2.75, 3.05) is 11.4 Å². The summed E-state index contributed by atoms with van der Waals surface area (Å²) in [6, 6.07) is 12.6. The molecule has 1 fully saturated rings.